The second-order valence-electron chi connectivity index (χ2n) is 5.43. The summed E-state index contributed by atoms with van der Waals surface area (Å²) in [5.41, 5.74) is 0.880. The van der Waals surface area contributed by atoms with Gasteiger partial charge in [0.15, 0.2) is 0 Å². The van der Waals surface area contributed by atoms with E-state index in [2.05, 4.69) is 10.6 Å². The lowest BCUT2D eigenvalue weighted by Crippen LogP contribution is -2.34. The molecule has 5 heteroatoms. The number of hydrogen-bond acceptors (Lipinski definition) is 3. The van der Waals surface area contributed by atoms with Gasteiger partial charge in [0.05, 0.1) is 19.6 Å². The summed E-state index contributed by atoms with van der Waals surface area (Å²) in [5.74, 6) is 0.907. The van der Waals surface area contributed by atoms with Crippen LogP contribution in [-0.4, -0.2) is 25.5 Å². The molecule has 5 nitrogen and oxygen atoms in total. The van der Waals surface area contributed by atoms with Gasteiger partial charge in [-0.1, -0.05) is 26.0 Å². The minimum Gasteiger partial charge on any atom is -0.497 e. The standard InChI is InChI=1S/C16H24N2O3/c1-11(2)10-17-16(20)9-15(18-12(3)19)13-5-7-14(21-4)8-6-13/h5-8,11,15H,9-10H2,1-4H3,(H,17,20)(H,18,19). The fourth-order valence-corrected chi connectivity index (χ4v) is 1.91. The molecule has 2 N–H and O–H groups in total. The highest BCUT2D eigenvalue weighted by Crippen LogP contribution is 2.20. The minimum atomic E-state index is -0.333. The Morgan fingerprint density at radius 2 is 1.81 bits per heavy atom. The molecule has 0 spiro atoms. The van der Waals surface area contributed by atoms with E-state index in [1.54, 1.807) is 7.11 Å². The van der Waals surface area contributed by atoms with Crippen molar-refractivity contribution in [2.45, 2.75) is 33.2 Å². The molecule has 0 heterocycles. The van der Waals surface area contributed by atoms with Crippen molar-refractivity contribution in [3.8, 4) is 5.75 Å². The van der Waals surface area contributed by atoms with Crippen LogP contribution in [0.4, 0.5) is 0 Å². The summed E-state index contributed by atoms with van der Waals surface area (Å²) in [7, 11) is 1.60. The van der Waals surface area contributed by atoms with Gasteiger partial charge in [0.25, 0.3) is 0 Å². The van der Waals surface area contributed by atoms with E-state index in [4.69, 9.17) is 4.74 Å². The number of rotatable bonds is 7. The van der Waals surface area contributed by atoms with E-state index in [1.807, 2.05) is 38.1 Å². The Balaban J connectivity index is 2.74. The highest BCUT2D eigenvalue weighted by atomic mass is 16.5. The summed E-state index contributed by atoms with van der Waals surface area (Å²) in [5, 5.41) is 5.67. The van der Waals surface area contributed by atoms with Gasteiger partial charge in [-0.05, 0) is 23.6 Å². The third-order valence-corrected chi connectivity index (χ3v) is 2.99. The van der Waals surface area contributed by atoms with Gasteiger partial charge in [-0.3, -0.25) is 9.59 Å². The van der Waals surface area contributed by atoms with Crippen molar-refractivity contribution in [2.75, 3.05) is 13.7 Å². The molecule has 1 unspecified atom stereocenters. The highest BCUT2D eigenvalue weighted by Gasteiger charge is 2.17. The molecule has 0 aliphatic rings. The van der Waals surface area contributed by atoms with Crippen molar-refractivity contribution in [3.63, 3.8) is 0 Å². The van der Waals surface area contributed by atoms with Crippen LogP contribution in [0.25, 0.3) is 0 Å². The number of carbonyl (C=O) groups excluding carboxylic acids is 2. The largest absolute Gasteiger partial charge is 0.497 e. The third kappa shape index (κ3) is 6.29. The van der Waals surface area contributed by atoms with E-state index in [9.17, 15) is 9.59 Å². The first-order valence-electron chi connectivity index (χ1n) is 7.10. The van der Waals surface area contributed by atoms with Gasteiger partial charge < -0.3 is 15.4 Å². The van der Waals surface area contributed by atoms with E-state index in [-0.39, 0.29) is 24.3 Å². The third-order valence-electron chi connectivity index (χ3n) is 2.99. The van der Waals surface area contributed by atoms with Gasteiger partial charge in [-0.2, -0.15) is 0 Å². The number of hydrogen-bond donors (Lipinski definition) is 2. The molecular formula is C16H24N2O3. The second kappa shape index (κ2) is 8.29. The smallest absolute Gasteiger partial charge is 0.222 e. The van der Waals surface area contributed by atoms with Crippen molar-refractivity contribution in [2.24, 2.45) is 5.92 Å². The van der Waals surface area contributed by atoms with E-state index < -0.39 is 0 Å². The summed E-state index contributed by atoms with van der Waals surface area (Å²) >= 11 is 0. The maximum atomic E-state index is 11.9. The second-order valence-corrected chi connectivity index (χ2v) is 5.43. The lowest BCUT2D eigenvalue weighted by atomic mass is 10.0. The summed E-state index contributed by atoms with van der Waals surface area (Å²) in [6, 6.07) is 7.01. The number of carbonyl (C=O) groups is 2. The molecule has 0 bridgehead atoms. The molecule has 2 amide bonds. The van der Waals surface area contributed by atoms with Crippen molar-refractivity contribution >= 4 is 11.8 Å². The van der Waals surface area contributed by atoms with E-state index in [0.717, 1.165) is 11.3 Å². The van der Waals surface area contributed by atoms with Crippen molar-refractivity contribution in [1.82, 2.24) is 10.6 Å². The molecule has 1 atom stereocenters. The predicted octanol–water partition coefficient (Wildman–Crippen LogP) is 2.03. The van der Waals surface area contributed by atoms with E-state index in [1.165, 1.54) is 6.92 Å². The van der Waals surface area contributed by atoms with Gasteiger partial charge in [0.2, 0.25) is 11.8 Å². The number of ether oxygens (including phenoxy) is 1. The molecule has 0 aromatic heterocycles. The predicted molar refractivity (Wildman–Crippen MR) is 82.0 cm³/mol. The van der Waals surface area contributed by atoms with Crippen LogP contribution in [-0.2, 0) is 9.59 Å². The van der Waals surface area contributed by atoms with E-state index in [0.29, 0.717) is 12.5 Å². The molecular weight excluding hydrogens is 268 g/mol. The first kappa shape index (κ1) is 17.0. The molecule has 21 heavy (non-hydrogen) atoms. The fourth-order valence-electron chi connectivity index (χ4n) is 1.91. The summed E-state index contributed by atoms with van der Waals surface area (Å²) in [6.45, 7) is 6.15. The van der Waals surface area contributed by atoms with Gasteiger partial charge in [0.1, 0.15) is 5.75 Å². The van der Waals surface area contributed by atoms with Crippen molar-refractivity contribution < 1.29 is 14.3 Å². The Bertz CT molecular complexity index is 469. The Hall–Kier alpha value is -2.04. The minimum absolute atomic E-state index is 0.0710. The number of nitrogens with one attached hydrogen (secondary N) is 2. The molecule has 0 aliphatic heterocycles. The Morgan fingerprint density at radius 3 is 2.29 bits per heavy atom. The average molecular weight is 292 g/mol. The SMILES string of the molecule is COc1ccc(C(CC(=O)NCC(C)C)NC(C)=O)cc1. The molecule has 0 saturated carbocycles. The van der Waals surface area contributed by atoms with E-state index >= 15 is 0 Å². The molecule has 0 radical (unpaired) electrons. The van der Waals surface area contributed by atoms with Crippen LogP contribution in [0, 0.1) is 5.92 Å². The zero-order valence-corrected chi connectivity index (χ0v) is 13.1. The number of benzene rings is 1. The van der Waals surface area contributed by atoms with Crippen LogP contribution in [0.3, 0.4) is 0 Å². The average Bonchev–Trinajstić information content (AvgIpc) is 2.44. The first-order chi connectivity index (χ1) is 9.92. The normalized spacial score (nSPS) is 11.9. The lowest BCUT2D eigenvalue weighted by Gasteiger charge is -2.19. The van der Waals surface area contributed by atoms with Crippen LogP contribution in [0.5, 0.6) is 5.75 Å². The first-order valence-corrected chi connectivity index (χ1v) is 7.10. The van der Waals surface area contributed by atoms with Crippen LogP contribution in [0.2, 0.25) is 0 Å². The Kier molecular flexibility index (Phi) is 6.72. The number of amides is 2. The van der Waals surface area contributed by atoms with Crippen molar-refractivity contribution in [3.05, 3.63) is 29.8 Å². The van der Waals surface area contributed by atoms with Crippen molar-refractivity contribution in [1.29, 1.82) is 0 Å². The van der Waals surface area contributed by atoms with Gasteiger partial charge in [-0.15, -0.1) is 0 Å². The molecule has 0 fully saturated rings. The van der Waals surface area contributed by atoms with Crippen LogP contribution >= 0.6 is 0 Å². The fraction of sp³-hybridized carbons (Fsp3) is 0.500. The maximum Gasteiger partial charge on any atom is 0.222 e. The summed E-state index contributed by atoms with van der Waals surface area (Å²) < 4.78 is 5.11. The highest BCUT2D eigenvalue weighted by molar-refractivity contribution is 5.79. The Morgan fingerprint density at radius 1 is 1.19 bits per heavy atom. The van der Waals surface area contributed by atoms with Crippen LogP contribution in [0.1, 0.15) is 38.8 Å². The molecule has 0 aliphatic carbocycles. The topological polar surface area (TPSA) is 67.4 Å². The monoisotopic (exact) mass is 292 g/mol. The Labute approximate surface area is 126 Å². The lowest BCUT2D eigenvalue weighted by molar-refractivity contribution is -0.122. The summed E-state index contributed by atoms with van der Waals surface area (Å²) in [6.07, 6.45) is 0.221. The van der Waals surface area contributed by atoms with Gasteiger partial charge in [-0.25, -0.2) is 0 Å². The molecule has 0 saturated heterocycles. The molecule has 1 aromatic rings. The summed E-state index contributed by atoms with van der Waals surface area (Å²) in [4.78, 5) is 23.3. The van der Waals surface area contributed by atoms with Crippen LogP contribution < -0.4 is 15.4 Å². The molecule has 1 rings (SSSR count). The van der Waals surface area contributed by atoms with Gasteiger partial charge in [0, 0.05) is 13.5 Å². The van der Waals surface area contributed by atoms with Crippen LogP contribution in [0.15, 0.2) is 24.3 Å². The quantitative estimate of drug-likeness (QED) is 0.808. The van der Waals surface area contributed by atoms with Gasteiger partial charge >= 0.3 is 0 Å². The maximum absolute atomic E-state index is 11.9. The zero-order valence-electron chi connectivity index (χ0n) is 13.1. The zero-order chi connectivity index (χ0) is 15.8. The molecule has 116 valence electrons. The molecule has 1 aromatic carbocycles. The number of methoxy groups -OCH3 is 1.